The van der Waals surface area contributed by atoms with Crippen LogP contribution in [0.4, 0.5) is 0 Å². The number of benzene rings is 2. The van der Waals surface area contributed by atoms with Crippen molar-refractivity contribution < 1.29 is 14.3 Å². The third-order valence-corrected chi connectivity index (χ3v) is 3.23. The van der Waals surface area contributed by atoms with Crippen LogP contribution in [0.3, 0.4) is 0 Å². The second-order valence-electron chi connectivity index (χ2n) is 4.12. The molecule has 2 N–H and O–H groups in total. The highest BCUT2D eigenvalue weighted by molar-refractivity contribution is 9.10. The summed E-state index contributed by atoms with van der Waals surface area (Å²) >= 11 is 3.40. The standard InChI is InChI=1S/C15H14BrNO3/c1-19-13-7-3-6-12(15(17)18)14(13)20-9-10-4-2-5-11(16)8-10/h2-8H,9H2,1H3,(H2,17,18). The van der Waals surface area contributed by atoms with E-state index in [9.17, 15) is 4.79 Å². The molecule has 5 heteroatoms. The highest BCUT2D eigenvalue weighted by Gasteiger charge is 2.14. The van der Waals surface area contributed by atoms with Gasteiger partial charge in [0.1, 0.15) is 6.61 Å². The number of para-hydroxylation sites is 1. The summed E-state index contributed by atoms with van der Waals surface area (Å²) in [7, 11) is 1.52. The molecule has 0 bridgehead atoms. The summed E-state index contributed by atoms with van der Waals surface area (Å²) in [6.07, 6.45) is 0. The topological polar surface area (TPSA) is 61.5 Å². The van der Waals surface area contributed by atoms with Crippen molar-refractivity contribution in [3.05, 3.63) is 58.1 Å². The molecule has 0 spiro atoms. The maximum Gasteiger partial charge on any atom is 0.252 e. The number of ether oxygens (including phenoxy) is 2. The lowest BCUT2D eigenvalue weighted by Gasteiger charge is -2.13. The first-order valence-electron chi connectivity index (χ1n) is 5.96. The van der Waals surface area contributed by atoms with E-state index < -0.39 is 5.91 Å². The molecule has 0 aromatic heterocycles. The van der Waals surface area contributed by atoms with Crippen molar-refractivity contribution in [3.63, 3.8) is 0 Å². The minimum atomic E-state index is -0.548. The number of rotatable bonds is 5. The van der Waals surface area contributed by atoms with Crippen LogP contribution < -0.4 is 15.2 Å². The smallest absolute Gasteiger partial charge is 0.252 e. The minimum Gasteiger partial charge on any atom is -0.493 e. The van der Waals surface area contributed by atoms with Crippen molar-refractivity contribution in [2.24, 2.45) is 5.73 Å². The van der Waals surface area contributed by atoms with Gasteiger partial charge < -0.3 is 15.2 Å². The molecule has 0 aliphatic carbocycles. The third-order valence-electron chi connectivity index (χ3n) is 2.74. The lowest BCUT2D eigenvalue weighted by Crippen LogP contribution is -2.13. The Morgan fingerprint density at radius 1 is 1.25 bits per heavy atom. The normalized spacial score (nSPS) is 10.1. The first kappa shape index (κ1) is 14.4. The number of amides is 1. The molecule has 0 fully saturated rings. The zero-order valence-electron chi connectivity index (χ0n) is 10.9. The summed E-state index contributed by atoms with van der Waals surface area (Å²) in [5.41, 5.74) is 6.63. The first-order valence-corrected chi connectivity index (χ1v) is 6.75. The van der Waals surface area contributed by atoms with Crippen molar-refractivity contribution >= 4 is 21.8 Å². The van der Waals surface area contributed by atoms with Crippen molar-refractivity contribution in [2.75, 3.05) is 7.11 Å². The number of hydrogen-bond acceptors (Lipinski definition) is 3. The second kappa shape index (κ2) is 6.43. The molecule has 0 unspecified atom stereocenters. The Morgan fingerprint density at radius 2 is 2.00 bits per heavy atom. The lowest BCUT2D eigenvalue weighted by atomic mass is 10.1. The van der Waals surface area contributed by atoms with Crippen molar-refractivity contribution in [2.45, 2.75) is 6.61 Å². The van der Waals surface area contributed by atoms with Crippen LogP contribution in [0.5, 0.6) is 11.5 Å². The monoisotopic (exact) mass is 335 g/mol. The molecule has 4 nitrogen and oxygen atoms in total. The van der Waals surface area contributed by atoms with Gasteiger partial charge in [0.05, 0.1) is 12.7 Å². The Labute approximate surface area is 125 Å². The maximum absolute atomic E-state index is 11.4. The first-order chi connectivity index (χ1) is 9.61. The Hall–Kier alpha value is -2.01. The summed E-state index contributed by atoms with van der Waals surface area (Å²) in [5.74, 6) is 0.298. The van der Waals surface area contributed by atoms with E-state index in [4.69, 9.17) is 15.2 Å². The molecule has 0 saturated heterocycles. The molecule has 0 saturated carbocycles. The SMILES string of the molecule is COc1cccc(C(N)=O)c1OCc1cccc(Br)c1. The maximum atomic E-state index is 11.4. The highest BCUT2D eigenvalue weighted by atomic mass is 79.9. The van der Waals surface area contributed by atoms with E-state index in [0.29, 0.717) is 23.7 Å². The molecule has 0 aliphatic rings. The number of carbonyl (C=O) groups is 1. The van der Waals surface area contributed by atoms with Crippen LogP contribution in [0.25, 0.3) is 0 Å². The average Bonchev–Trinajstić information content (AvgIpc) is 2.44. The van der Waals surface area contributed by atoms with E-state index in [1.807, 2.05) is 24.3 Å². The van der Waals surface area contributed by atoms with E-state index in [0.717, 1.165) is 10.0 Å². The summed E-state index contributed by atoms with van der Waals surface area (Å²) in [6.45, 7) is 0.320. The zero-order chi connectivity index (χ0) is 14.5. The van der Waals surface area contributed by atoms with Gasteiger partial charge in [0.2, 0.25) is 0 Å². The molecule has 2 aromatic rings. The molecular formula is C15H14BrNO3. The minimum absolute atomic E-state index is 0.305. The summed E-state index contributed by atoms with van der Waals surface area (Å²) in [6, 6.07) is 12.8. The number of carbonyl (C=O) groups excluding carboxylic acids is 1. The van der Waals surface area contributed by atoms with E-state index >= 15 is 0 Å². The Morgan fingerprint density at radius 3 is 2.65 bits per heavy atom. The van der Waals surface area contributed by atoms with Crippen LogP contribution in [0, 0.1) is 0 Å². The summed E-state index contributed by atoms with van der Waals surface area (Å²) < 4.78 is 11.9. The molecule has 20 heavy (non-hydrogen) atoms. The Balaban J connectivity index is 2.26. The van der Waals surface area contributed by atoms with E-state index in [1.54, 1.807) is 18.2 Å². The molecular weight excluding hydrogens is 322 g/mol. The Bertz CT molecular complexity index is 628. The van der Waals surface area contributed by atoms with Crippen LogP contribution in [0.15, 0.2) is 46.9 Å². The summed E-state index contributed by atoms with van der Waals surface area (Å²) in [5, 5.41) is 0. The van der Waals surface area contributed by atoms with Crippen molar-refractivity contribution in [1.82, 2.24) is 0 Å². The second-order valence-corrected chi connectivity index (χ2v) is 5.04. The fraction of sp³-hybridized carbons (Fsp3) is 0.133. The van der Waals surface area contributed by atoms with Crippen LogP contribution in [0.1, 0.15) is 15.9 Å². The molecule has 0 atom stereocenters. The lowest BCUT2D eigenvalue weighted by molar-refractivity contribution is 0.0995. The molecule has 1 amide bonds. The number of primary amides is 1. The van der Waals surface area contributed by atoms with Gasteiger partial charge in [0.15, 0.2) is 11.5 Å². The van der Waals surface area contributed by atoms with E-state index in [2.05, 4.69) is 15.9 Å². The molecule has 2 rings (SSSR count). The molecule has 0 heterocycles. The van der Waals surface area contributed by atoms with Gasteiger partial charge in [0, 0.05) is 4.47 Å². The van der Waals surface area contributed by atoms with Crippen LogP contribution in [-0.2, 0) is 6.61 Å². The molecule has 2 aromatic carbocycles. The molecule has 0 aliphatic heterocycles. The van der Waals surface area contributed by atoms with Gasteiger partial charge in [-0.2, -0.15) is 0 Å². The van der Waals surface area contributed by atoms with Crippen molar-refractivity contribution in [1.29, 1.82) is 0 Å². The van der Waals surface area contributed by atoms with Gasteiger partial charge in [-0.25, -0.2) is 0 Å². The quantitative estimate of drug-likeness (QED) is 0.912. The molecule has 104 valence electrons. The van der Waals surface area contributed by atoms with Gasteiger partial charge in [-0.3, -0.25) is 4.79 Å². The van der Waals surface area contributed by atoms with Crippen LogP contribution in [0.2, 0.25) is 0 Å². The fourth-order valence-corrected chi connectivity index (χ4v) is 2.25. The van der Waals surface area contributed by atoms with E-state index in [1.165, 1.54) is 7.11 Å². The zero-order valence-corrected chi connectivity index (χ0v) is 12.5. The highest BCUT2D eigenvalue weighted by Crippen LogP contribution is 2.31. The van der Waals surface area contributed by atoms with Crippen LogP contribution in [-0.4, -0.2) is 13.0 Å². The van der Waals surface area contributed by atoms with Gasteiger partial charge >= 0.3 is 0 Å². The summed E-state index contributed by atoms with van der Waals surface area (Å²) in [4.78, 5) is 11.4. The fourth-order valence-electron chi connectivity index (χ4n) is 1.80. The Kier molecular flexibility index (Phi) is 4.63. The number of hydrogen-bond donors (Lipinski definition) is 1. The van der Waals surface area contributed by atoms with Gasteiger partial charge in [-0.15, -0.1) is 0 Å². The number of halogens is 1. The number of methoxy groups -OCH3 is 1. The van der Waals surface area contributed by atoms with Gasteiger partial charge in [0.25, 0.3) is 5.91 Å². The predicted octanol–water partition coefficient (Wildman–Crippen LogP) is 3.14. The van der Waals surface area contributed by atoms with Gasteiger partial charge in [-0.05, 0) is 29.8 Å². The molecule has 0 radical (unpaired) electrons. The number of nitrogens with two attached hydrogens (primary N) is 1. The average molecular weight is 336 g/mol. The van der Waals surface area contributed by atoms with E-state index in [-0.39, 0.29) is 0 Å². The third kappa shape index (κ3) is 3.30. The van der Waals surface area contributed by atoms with Gasteiger partial charge in [-0.1, -0.05) is 34.1 Å². The van der Waals surface area contributed by atoms with Crippen molar-refractivity contribution in [3.8, 4) is 11.5 Å². The predicted molar refractivity (Wildman–Crippen MR) is 80.0 cm³/mol. The largest absolute Gasteiger partial charge is 0.493 e. The van der Waals surface area contributed by atoms with Crippen LogP contribution >= 0.6 is 15.9 Å².